The summed E-state index contributed by atoms with van der Waals surface area (Å²) < 4.78 is 4.78. The van der Waals surface area contributed by atoms with Gasteiger partial charge in [0, 0.05) is 11.6 Å². The fourth-order valence-corrected chi connectivity index (χ4v) is 1.28. The molecule has 0 fully saturated rings. The Morgan fingerprint density at radius 2 is 2.12 bits per heavy atom. The van der Waals surface area contributed by atoms with E-state index in [-0.39, 0.29) is 22.7 Å². The van der Waals surface area contributed by atoms with Gasteiger partial charge in [0.25, 0.3) is 0 Å². The van der Waals surface area contributed by atoms with Crippen LogP contribution >= 0.6 is 0 Å². The van der Waals surface area contributed by atoms with Gasteiger partial charge >= 0.3 is 5.69 Å². The Hall–Kier alpha value is -2.24. The highest BCUT2D eigenvalue weighted by Crippen LogP contribution is 2.31. The number of ketones is 1. The normalized spacial score (nSPS) is 9.62. The molecule has 0 spiro atoms. The number of hydrogen-bond acceptors (Lipinski definition) is 5. The molecule has 0 unspecified atom stereocenters. The van der Waals surface area contributed by atoms with E-state index in [0.717, 1.165) is 6.07 Å². The Labute approximate surface area is 91.0 Å². The number of benzene rings is 1. The van der Waals surface area contributed by atoms with E-state index in [1.807, 2.05) is 0 Å². The third kappa shape index (κ3) is 2.05. The minimum absolute atomic E-state index is 0.0121. The number of aldehydes is 1. The molecule has 6 heteroatoms. The average molecular weight is 223 g/mol. The largest absolute Gasteiger partial charge is 0.490 e. The molecule has 0 saturated carbocycles. The van der Waals surface area contributed by atoms with E-state index in [9.17, 15) is 19.7 Å². The molecule has 0 radical (unpaired) electrons. The van der Waals surface area contributed by atoms with Gasteiger partial charge in [-0.25, -0.2) is 0 Å². The van der Waals surface area contributed by atoms with Gasteiger partial charge < -0.3 is 4.74 Å². The highest BCUT2D eigenvalue weighted by Gasteiger charge is 2.21. The predicted octanol–water partition coefficient (Wildman–Crippen LogP) is 1.62. The first kappa shape index (κ1) is 11.8. The first-order valence-corrected chi connectivity index (χ1v) is 4.33. The molecule has 0 saturated heterocycles. The highest BCUT2D eigenvalue weighted by atomic mass is 16.6. The van der Waals surface area contributed by atoms with Gasteiger partial charge in [0.15, 0.2) is 12.1 Å². The van der Waals surface area contributed by atoms with E-state index in [2.05, 4.69) is 0 Å². The quantitative estimate of drug-likeness (QED) is 0.335. The summed E-state index contributed by atoms with van der Waals surface area (Å²) >= 11 is 0. The minimum Gasteiger partial charge on any atom is -0.490 e. The van der Waals surface area contributed by atoms with Crippen LogP contribution in [-0.4, -0.2) is 24.1 Å². The minimum atomic E-state index is -0.696. The molecule has 0 aromatic heterocycles. The second-order valence-corrected chi connectivity index (χ2v) is 3.05. The van der Waals surface area contributed by atoms with Crippen molar-refractivity contribution in [3.63, 3.8) is 0 Å². The van der Waals surface area contributed by atoms with Gasteiger partial charge in [-0.2, -0.15) is 0 Å². The molecule has 1 aromatic carbocycles. The zero-order chi connectivity index (χ0) is 12.3. The van der Waals surface area contributed by atoms with Crippen LogP contribution in [0.15, 0.2) is 12.1 Å². The lowest BCUT2D eigenvalue weighted by molar-refractivity contribution is -0.385. The second kappa shape index (κ2) is 4.52. The Morgan fingerprint density at radius 3 is 2.50 bits per heavy atom. The van der Waals surface area contributed by atoms with Crippen molar-refractivity contribution < 1.29 is 19.2 Å². The van der Waals surface area contributed by atoms with Crippen LogP contribution in [0.4, 0.5) is 5.69 Å². The third-order valence-electron chi connectivity index (χ3n) is 2.03. The van der Waals surface area contributed by atoms with Crippen LogP contribution in [0.2, 0.25) is 0 Å². The van der Waals surface area contributed by atoms with Gasteiger partial charge in [-0.3, -0.25) is 19.7 Å². The third-order valence-corrected chi connectivity index (χ3v) is 2.03. The molecule has 6 nitrogen and oxygen atoms in total. The molecule has 1 aromatic rings. The molecule has 0 N–H and O–H groups in total. The van der Waals surface area contributed by atoms with Crippen molar-refractivity contribution in [3.05, 3.63) is 33.4 Å². The van der Waals surface area contributed by atoms with Crippen LogP contribution in [-0.2, 0) is 0 Å². The van der Waals surface area contributed by atoms with Gasteiger partial charge in [-0.1, -0.05) is 0 Å². The number of nitro groups is 1. The number of Topliss-reactive ketones (excluding diaryl/α,β-unsaturated/α-hetero) is 1. The van der Waals surface area contributed by atoms with Crippen molar-refractivity contribution in [2.24, 2.45) is 0 Å². The molecule has 0 aliphatic rings. The number of carbonyl (C=O) groups excluding carboxylic acids is 2. The summed E-state index contributed by atoms with van der Waals surface area (Å²) in [7, 11) is 1.22. The zero-order valence-corrected chi connectivity index (χ0v) is 8.72. The Morgan fingerprint density at radius 1 is 1.50 bits per heavy atom. The van der Waals surface area contributed by atoms with Crippen molar-refractivity contribution in [2.75, 3.05) is 7.11 Å². The maximum Gasteiger partial charge on any atom is 0.312 e. The maximum absolute atomic E-state index is 11.1. The Kier molecular flexibility index (Phi) is 3.34. The molecule has 0 heterocycles. The Bertz CT molecular complexity index is 467. The van der Waals surface area contributed by atoms with Crippen LogP contribution in [0, 0.1) is 10.1 Å². The van der Waals surface area contributed by atoms with Gasteiger partial charge in [0.2, 0.25) is 5.75 Å². The molecule has 0 aliphatic carbocycles. The van der Waals surface area contributed by atoms with E-state index in [1.165, 1.54) is 20.1 Å². The van der Waals surface area contributed by atoms with E-state index in [4.69, 9.17) is 4.74 Å². The van der Waals surface area contributed by atoms with E-state index < -0.39 is 10.6 Å². The number of ether oxygens (including phenoxy) is 1. The summed E-state index contributed by atoms with van der Waals surface area (Å²) in [6.45, 7) is 1.26. The highest BCUT2D eigenvalue weighted by molar-refractivity contribution is 5.97. The molecular weight excluding hydrogens is 214 g/mol. The lowest BCUT2D eigenvalue weighted by atomic mass is 10.1. The van der Waals surface area contributed by atoms with Crippen molar-refractivity contribution in [2.45, 2.75) is 6.92 Å². The molecule has 16 heavy (non-hydrogen) atoms. The molecule has 0 amide bonds. The summed E-state index contributed by atoms with van der Waals surface area (Å²) in [6.07, 6.45) is 0.415. The summed E-state index contributed by atoms with van der Waals surface area (Å²) in [5.41, 5.74) is -0.297. The molecule has 0 bridgehead atoms. The fourth-order valence-electron chi connectivity index (χ4n) is 1.28. The Balaban J connectivity index is 3.55. The summed E-state index contributed by atoms with van der Waals surface area (Å²) in [5, 5.41) is 10.7. The van der Waals surface area contributed by atoms with E-state index in [1.54, 1.807) is 0 Å². The monoisotopic (exact) mass is 223 g/mol. The fraction of sp³-hybridized carbons (Fsp3) is 0.200. The van der Waals surface area contributed by atoms with Crippen LogP contribution in [0.1, 0.15) is 27.6 Å². The standard InChI is InChI=1S/C10H9NO5/c1-6(13)7-3-8(5-12)10(16-2)9(4-7)11(14)15/h3-5H,1-2H3. The van der Waals surface area contributed by atoms with Gasteiger partial charge in [0.05, 0.1) is 17.6 Å². The van der Waals surface area contributed by atoms with Gasteiger partial charge in [-0.15, -0.1) is 0 Å². The number of nitrogens with zero attached hydrogens (tertiary/aromatic N) is 1. The van der Waals surface area contributed by atoms with Gasteiger partial charge in [0.1, 0.15) is 0 Å². The van der Waals surface area contributed by atoms with Crippen molar-refractivity contribution in [1.29, 1.82) is 0 Å². The number of rotatable bonds is 4. The number of hydrogen-bond donors (Lipinski definition) is 0. The molecule has 0 atom stereocenters. The van der Waals surface area contributed by atoms with E-state index in [0.29, 0.717) is 6.29 Å². The lowest BCUT2D eigenvalue weighted by Gasteiger charge is -2.05. The summed E-state index contributed by atoms with van der Waals surface area (Å²) in [5.74, 6) is -0.487. The number of carbonyl (C=O) groups is 2. The molecule has 1 rings (SSSR count). The van der Waals surface area contributed by atoms with Gasteiger partial charge in [-0.05, 0) is 13.0 Å². The van der Waals surface area contributed by atoms with Crippen LogP contribution < -0.4 is 4.74 Å². The molecular formula is C10H9NO5. The average Bonchev–Trinajstić information content (AvgIpc) is 2.26. The first-order valence-electron chi connectivity index (χ1n) is 4.33. The topological polar surface area (TPSA) is 86.5 Å². The molecule has 84 valence electrons. The van der Waals surface area contributed by atoms with E-state index >= 15 is 0 Å². The zero-order valence-electron chi connectivity index (χ0n) is 8.72. The smallest absolute Gasteiger partial charge is 0.312 e. The first-order chi connectivity index (χ1) is 7.51. The summed E-state index contributed by atoms with van der Waals surface area (Å²) in [4.78, 5) is 31.9. The summed E-state index contributed by atoms with van der Waals surface area (Å²) in [6, 6.07) is 2.36. The number of nitro benzene ring substituents is 1. The predicted molar refractivity (Wildman–Crippen MR) is 55.0 cm³/mol. The van der Waals surface area contributed by atoms with Crippen molar-refractivity contribution in [1.82, 2.24) is 0 Å². The second-order valence-electron chi connectivity index (χ2n) is 3.05. The van der Waals surface area contributed by atoms with Crippen LogP contribution in [0.25, 0.3) is 0 Å². The van der Waals surface area contributed by atoms with Crippen molar-refractivity contribution >= 4 is 17.8 Å². The SMILES string of the molecule is COc1c(C=O)cc(C(C)=O)cc1[N+](=O)[O-]. The molecule has 0 aliphatic heterocycles. The van der Waals surface area contributed by atoms with Crippen LogP contribution in [0.3, 0.4) is 0 Å². The van der Waals surface area contributed by atoms with Crippen LogP contribution in [0.5, 0.6) is 5.75 Å². The number of methoxy groups -OCH3 is 1. The van der Waals surface area contributed by atoms with Crippen molar-refractivity contribution in [3.8, 4) is 5.75 Å². The maximum atomic E-state index is 11.1. The lowest BCUT2D eigenvalue weighted by Crippen LogP contribution is -2.02.